The normalized spacial score (nSPS) is 29.5. The molecular weight excluding hydrogens is 244 g/mol. The molecule has 102 valence electrons. The summed E-state index contributed by atoms with van der Waals surface area (Å²) in [5.41, 5.74) is 6.99. The summed E-state index contributed by atoms with van der Waals surface area (Å²) in [7, 11) is 0. The van der Waals surface area contributed by atoms with Crippen molar-refractivity contribution in [2.24, 2.45) is 11.8 Å². The quantitative estimate of drug-likeness (QED) is 0.475. The highest BCUT2D eigenvalue weighted by Gasteiger charge is 2.41. The molecule has 2 aliphatic rings. The first-order valence-corrected chi connectivity index (χ1v) is 6.59. The molecule has 3 unspecified atom stereocenters. The molecule has 3 atom stereocenters. The first-order chi connectivity index (χ1) is 9.08. The molecule has 2 heterocycles. The third kappa shape index (κ3) is 1.92. The number of nitrogens with two attached hydrogens (primary N) is 1. The highest BCUT2D eigenvalue weighted by Crippen LogP contribution is 2.37. The third-order valence-electron chi connectivity index (χ3n) is 4.47. The molecule has 2 fully saturated rings. The molecular formula is C13H18N4O2. The number of nitro benzene ring substituents is 1. The minimum atomic E-state index is -0.439. The number of nitro groups is 1. The topological polar surface area (TPSA) is 84.4 Å². The molecule has 0 radical (unpaired) electrons. The molecule has 1 aromatic carbocycles. The maximum absolute atomic E-state index is 10.8. The first kappa shape index (κ1) is 12.2. The van der Waals surface area contributed by atoms with Crippen molar-refractivity contribution in [3.05, 3.63) is 28.3 Å². The van der Waals surface area contributed by atoms with Gasteiger partial charge in [0.2, 0.25) is 0 Å². The number of hydrogen-bond donors (Lipinski definition) is 2. The van der Waals surface area contributed by atoms with Crippen molar-refractivity contribution in [1.82, 2.24) is 5.32 Å². The number of fused-ring (bicyclic) bond motifs is 1. The van der Waals surface area contributed by atoms with E-state index in [1.165, 1.54) is 6.07 Å². The molecule has 1 aromatic rings. The van der Waals surface area contributed by atoms with Crippen molar-refractivity contribution in [1.29, 1.82) is 0 Å². The van der Waals surface area contributed by atoms with Crippen LogP contribution in [0, 0.1) is 22.0 Å². The number of anilines is 2. The number of hydrogen-bond acceptors (Lipinski definition) is 5. The Kier molecular flexibility index (Phi) is 2.82. The van der Waals surface area contributed by atoms with Gasteiger partial charge in [0.1, 0.15) is 5.69 Å². The van der Waals surface area contributed by atoms with Crippen LogP contribution in [0.25, 0.3) is 0 Å². The van der Waals surface area contributed by atoms with E-state index in [1.807, 2.05) is 0 Å². The lowest BCUT2D eigenvalue weighted by Crippen LogP contribution is -2.33. The number of nitrogen functional groups attached to an aromatic ring is 1. The Morgan fingerprint density at radius 3 is 2.89 bits per heavy atom. The van der Waals surface area contributed by atoms with Gasteiger partial charge in [-0.25, -0.2) is 0 Å². The van der Waals surface area contributed by atoms with Crippen molar-refractivity contribution in [3.8, 4) is 0 Å². The highest BCUT2D eigenvalue weighted by molar-refractivity contribution is 5.67. The molecule has 0 spiro atoms. The third-order valence-corrected chi connectivity index (χ3v) is 4.47. The second-order valence-electron chi connectivity index (χ2n) is 5.48. The zero-order valence-electron chi connectivity index (χ0n) is 10.9. The molecule has 0 bridgehead atoms. The van der Waals surface area contributed by atoms with E-state index in [2.05, 4.69) is 17.1 Å². The Morgan fingerprint density at radius 1 is 1.47 bits per heavy atom. The molecule has 3 N–H and O–H groups in total. The van der Waals surface area contributed by atoms with Crippen LogP contribution < -0.4 is 16.0 Å². The molecule has 0 aromatic heterocycles. The van der Waals surface area contributed by atoms with Gasteiger partial charge in [-0.1, -0.05) is 0 Å². The van der Waals surface area contributed by atoms with Crippen LogP contribution >= 0.6 is 0 Å². The van der Waals surface area contributed by atoms with Gasteiger partial charge < -0.3 is 16.0 Å². The molecule has 0 saturated carbocycles. The fourth-order valence-corrected chi connectivity index (χ4v) is 3.40. The molecule has 3 rings (SSSR count). The largest absolute Gasteiger partial charge is 0.393 e. The molecule has 0 amide bonds. The predicted octanol–water partition coefficient (Wildman–Crippen LogP) is 1.22. The smallest absolute Gasteiger partial charge is 0.292 e. The van der Waals surface area contributed by atoms with Crippen LogP contribution in [0.1, 0.15) is 6.92 Å². The monoisotopic (exact) mass is 262 g/mol. The summed E-state index contributed by atoms with van der Waals surface area (Å²) in [6.45, 7) is 5.34. The summed E-state index contributed by atoms with van der Waals surface area (Å²) in [6.07, 6.45) is 0. The van der Waals surface area contributed by atoms with E-state index >= 15 is 0 Å². The molecule has 2 saturated heterocycles. The zero-order chi connectivity index (χ0) is 13.6. The maximum Gasteiger partial charge on any atom is 0.292 e. The number of nitrogens with one attached hydrogen (secondary N) is 1. The van der Waals surface area contributed by atoms with Gasteiger partial charge >= 0.3 is 0 Å². The summed E-state index contributed by atoms with van der Waals surface area (Å²) < 4.78 is 0. The number of benzene rings is 1. The van der Waals surface area contributed by atoms with Crippen molar-refractivity contribution in [2.75, 3.05) is 30.3 Å². The Balaban J connectivity index is 1.87. The fraction of sp³-hybridized carbons (Fsp3) is 0.538. The average Bonchev–Trinajstić information content (AvgIpc) is 2.92. The SMILES string of the molecule is CC1C2CNCC2CN1c1ccc([N+](=O)[O-])c(N)c1. The van der Waals surface area contributed by atoms with Crippen LogP contribution in [0.4, 0.5) is 17.1 Å². The zero-order valence-corrected chi connectivity index (χ0v) is 10.9. The standard InChI is InChI=1S/C13H18N4O2/c1-8-11-6-15-5-9(11)7-16(8)10-2-3-13(17(18)19)12(14)4-10/h2-4,8-9,11,15H,5-7,14H2,1H3. The molecule has 19 heavy (non-hydrogen) atoms. The van der Waals surface area contributed by atoms with E-state index in [0.717, 1.165) is 25.3 Å². The van der Waals surface area contributed by atoms with Crippen LogP contribution in [0.3, 0.4) is 0 Å². The summed E-state index contributed by atoms with van der Waals surface area (Å²) in [5.74, 6) is 1.34. The molecule has 2 aliphatic heterocycles. The van der Waals surface area contributed by atoms with Gasteiger partial charge in [0.15, 0.2) is 0 Å². The van der Waals surface area contributed by atoms with E-state index in [0.29, 0.717) is 17.9 Å². The van der Waals surface area contributed by atoms with Crippen LogP contribution in [0.15, 0.2) is 18.2 Å². The van der Waals surface area contributed by atoms with E-state index < -0.39 is 4.92 Å². The van der Waals surface area contributed by atoms with Gasteiger partial charge in [-0.15, -0.1) is 0 Å². The van der Waals surface area contributed by atoms with E-state index in [9.17, 15) is 10.1 Å². The van der Waals surface area contributed by atoms with Gasteiger partial charge in [0, 0.05) is 37.4 Å². The minimum Gasteiger partial charge on any atom is -0.393 e. The van der Waals surface area contributed by atoms with Crippen LogP contribution in [0.2, 0.25) is 0 Å². The van der Waals surface area contributed by atoms with Crippen LogP contribution in [0.5, 0.6) is 0 Å². The van der Waals surface area contributed by atoms with E-state index in [1.54, 1.807) is 12.1 Å². The van der Waals surface area contributed by atoms with Gasteiger partial charge in [-0.2, -0.15) is 0 Å². The molecule has 6 nitrogen and oxygen atoms in total. The average molecular weight is 262 g/mol. The second kappa shape index (κ2) is 4.38. The maximum atomic E-state index is 10.8. The second-order valence-corrected chi connectivity index (χ2v) is 5.48. The Morgan fingerprint density at radius 2 is 2.26 bits per heavy atom. The van der Waals surface area contributed by atoms with Crippen molar-refractivity contribution in [2.45, 2.75) is 13.0 Å². The van der Waals surface area contributed by atoms with Crippen LogP contribution in [-0.2, 0) is 0 Å². The Hall–Kier alpha value is -1.82. The van der Waals surface area contributed by atoms with Gasteiger partial charge in [0.25, 0.3) is 5.69 Å². The summed E-state index contributed by atoms with van der Waals surface area (Å²) in [4.78, 5) is 12.7. The first-order valence-electron chi connectivity index (χ1n) is 6.59. The lowest BCUT2D eigenvalue weighted by Gasteiger charge is -2.26. The van der Waals surface area contributed by atoms with E-state index in [-0.39, 0.29) is 11.4 Å². The van der Waals surface area contributed by atoms with Crippen LogP contribution in [-0.4, -0.2) is 30.6 Å². The van der Waals surface area contributed by atoms with Gasteiger partial charge in [0.05, 0.1) is 4.92 Å². The summed E-state index contributed by atoms with van der Waals surface area (Å²) in [5, 5.41) is 14.2. The lowest BCUT2D eigenvalue weighted by molar-refractivity contribution is -0.383. The Bertz CT molecular complexity index is 519. The fourth-order valence-electron chi connectivity index (χ4n) is 3.40. The van der Waals surface area contributed by atoms with Gasteiger partial charge in [-0.3, -0.25) is 10.1 Å². The van der Waals surface area contributed by atoms with Crippen molar-refractivity contribution in [3.63, 3.8) is 0 Å². The van der Waals surface area contributed by atoms with E-state index in [4.69, 9.17) is 5.73 Å². The summed E-state index contributed by atoms with van der Waals surface area (Å²) >= 11 is 0. The lowest BCUT2D eigenvalue weighted by atomic mass is 9.95. The number of nitrogens with zero attached hydrogens (tertiary/aromatic N) is 2. The molecule has 6 heteroatoms. The predicted molar refractivity (Wildman–Crippen MR) is 74.2 cm³/mol. The van der Waals surface area contributed by atoms with Crippen molar-refractivity contribution >= 4 is 17.1 Å². The summed E-state index contributed by atoms with van der Waals surface area (Å²) in [6, 6.07) is 5.48. The molecule has 0 aliphatic carbocycles. The Labute approximate surface area is 111 Å². The van der Waals surface area contributed by atoms with Gasteiger partial charge in [-0.05, 0) is 30.9 Å². The number of rotatable bonds is 2. The minimum absolute atomic E-state index is 0.0162. The highest BCUT2D eigenvalue weighted by atomic mass is 16.6. The van der Waals surface area contributed by atoms with Crippen molar-refractivity contribution < 1.29 is 4.92 Å².